The van der Waals surface area contributed by atoms with E-state index in [1.807, 2.05) is 12.1 Å². The first-order valence-corrected chi connectivity index (χ1v) is 14.2. The zero-order chi connectivity index (χ0) is 27.9. The Kier molecular flexibility index (Phi) is 7.27. The second-order valence-electron chi connectivity index (χ2n) is 11.6. The second-order valence-corrected chi connectivity index (χ2v) is 11.6. The number of fused-ring (bicyclic) bond motifs is 1. The van der Waals surface area contributed by atoms with Crippen LogP contribution in [0.2, 0.25) is 0 Å². The van der Waals surface area contributed by atoms with Crippen LogP contribution in [0.4, 0.5) is 4.39 Å². The molecule has 9 heteroatoms. The number of hydrogen-bond donors (Lipinski definition) is 1. The van der Waals surface area contributed by atoms with Gasteiger partial charge in [0.05, 0.1) is 11.1 Å². The van der Waals surface area contributed by atoms with E-state index in [0.29, 0.717) is 29.4 Å². The third-order valence-electron chi connectivity index (χ3n) is 9.21. The summed E-state index contributed by atoms with van der Waals surface area (Å²) in [5, 5.41) is 2.21. The third-order valence-corrected chi connectivity index (χ3v) is 9.21. The highest BCUT2D eigenvalue weighted by atomic mass is 19.1. The Hall–Kier alpha value is -3.43. The van der Waals surface area contributed by atoms with Crippen molar-refractivity contribution < 1.29 is 28.3 Å². The van der Waals surface area contributed by atoms with E-state index in [-0.39, 0.29) is 29.8 Å². The molecule has 1 atom stereocenters. The van der Waals surface area contributed by atoms with Gasteiger partial charge < -0.3 is 4.74 Å². The molecule has 0 radical (unpaired) electrons. The first-order valence-electron chi connectivity index (χ1n) is 14.2. The number of amides is 4. The second kappa shape index (κ2) is 10.9. The molecule has 2 aromatic rings. The highest BCUT2D eigenvalue weighted by Gasteiger charge is 2.45. The quantitative estimate of drug-likeness (QED) is 0.557. The number of halogens is 1. The summed E-state index contributed by atoms with van der Waals surface area (Å²) in [4.78, 5) is 53.7. The van der Waals surface area contributed by atoms with Gasteiger partial charge in [-0.25, -0.2) is 4.39 Å². The van der Waals surface area contributed by atoms with Crippen molar-refractivity contribution in [1.82, 2.24) is 15.1 Å². The van der Waals surface area contributed by atoms with Gasteiger partial charge >= 0.3 is 0 Å². The van der Waals surface area contributed by atoms with Crippen LogP contribution in [0, 0.1) is 11.2 Å². The van der Waals surface area contributed by atoms with Gasteiger partial charge in [-0.15, -0.1) is 0 Å². The molecule has 0 bridgehead atoms. The lowest BCUT2D eigenvalue weighted by atomic mass is 9.72. The van der Waals surface area contributed by atoms with Crippen molar-refractivity contribution in [3.8, 4) is 0 Å². The molecule has 4 aliphatic heterocycles. The highest BCUT2D eigenvalue weighted by molar-refractivity contribution is 6.24. The molecule has 210 valence electrons. The molecule has 3 saturated heterocycles. The summed E-state index contributed by atoms with van der Waals surface area (Å²) in [5.41, 5.74) is 3.08. The van der Waals surface area contributed by atoms with Crippen molar-refractivity contribution in [2.24, 2.45) is 5.41 Å². The SMILES string of the molecule is O=C1CCC(N2C(=O)c3cccc(CCc4ccc(CN5CCC6(CCOCC6)CC5)cc4F)c3C2=O)C(=O)N1. The van der Waals surface area contributed by atoms with E-state index in [1.165, 1.54) is 12.8 Å². The fourth-order valence-electron chi connectivity index (χ4n) is 6.70. The summed E-state index contributed by atoms with van der Waals surface area (Å²) in [6, 6.07) is 9.45. The molecule has 4 amide bonds. The Balaban J connectivity index is 1.10. The number of nitrogens with zero attached hydrogens (tertiary/aromatic N) is 2. The molecule has 1 unspecified atom stereocenters. The lowest BCUT2D eigenvalue weighted by molar-refractivity contribution is -0.136. The molecule has 0 aromatic heterocycles. The molecule has 1 spiro atoms. The molecule has 1 N–H and O–H groups in total. The van der Waals surface area contributed by atoms with Crippen molar-refractivity contribution in [3.05, 3.63) is 70.0 Å². The van der Waals surface area contributed by atoms with Crippen molar-refractivity contribution in [2.45, 2.75) is 64.0 Å². The highest BCUT2D eigenvalue weighted by Crippen LogP contribution is 2.41. The van der Waals surface area contributed by atoms with E-state index >= 15 is 4.39 Å². The topological polar surface area (TPSA) is 96.0 Å². The molecule has 4 heterocycles. The molecule has 4 aliphatic rings. The van der Waals surface area contributed by atoms with Crippen LogP contribution in [0.1, 0.15) is 75.9 Å². The Morgan fingerprint density at radius 1 is 0.925 bits per heavy atom. The lowest BCUT2D eigenvalue weighted by Crippen LogP contribution is -2.54. The molecule has 40 heavy (non-hydrogen) atoms. The number of carbonyl (C=O) groups excluding carboxylic acids is 4. The van der Waals surface area contributed by atoms with Gasteiger partial charge in [0.2, 0.25) is 11.8 Å². The maximum absolute atomic E-state index is 15.2. The normalized spacial score (nSPS) is 23.0. The van der Waals surface area contributed by atoms with Crippen molar-refractivity contribution in [1.29, 1.82) is 0 Å². The van der Waals surface area contributed by atoms with Crippen molar-refractivity contribution in [3.63, 3.8) is 0 Å². The van der Waals surface area contributed by atoms with Crippen LogP contribution in [0.15, 0.2) is 36.4 Å². The van der Waals surface area contributed by atoms with Crippen molar-refractivity contribution >= 4 is 23.6 Å². The number of hydrogen-bond acceptors (Lipinski definition) is 6. The van der Waals surface area contributed by atoms with Crippen LogP contribution >= 0.6 is 0 Å². The molecule has 6 rings (SSSR count). The number of likely N-dealkylation sites (tertiary alicyclic amines) is 1. The standard InChI is InChI=1S/C31H34FN3O5/c32-24-18-20(19-34-14-10-31(11-15-34)12-16-40-17-13-31)4-5-21(24)6-7-22-2-1-3-23-27(22)30(39)35(29(23)38)25-8-9-26(36)33-28(25)37/h1-5,18,25H,6-17,19H2,(H,33,36,37). The van der Waals surface area contributed by atoms with Crippen LogP contribution in [0.25, 0.3) is 0 Å². The Bertz CT molecular complexity index is 1360. The molecule has 0 aliphatic carbocycles. The number of benzene rings is 2. The fraction of sp³-hybridized carbons (Fsp3) is 0.484. The Morgan fingerprint density at radius 3 is 2.40 bits per heavy atom. The smallest absolute Gasteiger partial charge is 0.262 e. The summed E-state index contributed by atoms with van der Waals surface area (Å²) < 4.78 is 20.7. The number of nitrogens with one attached hydrogen (secondary N) is 1. The number of piperidine rings is 2. The van der Waals surface area contributed by atoms with Crippen LogP contribution in [-0.4, -0.2) is 65.8 Å². The average molecular weight is 548 g/mol. The zero-order valence-electron chi connectivity index (χ0n) is 22.5. The number of carbonyl (C=O) groups is 4. The monoisotopic (exact) mass is 547 g/mol. The van der Waals surface area contributed by atoms with Crippen LogP contribution < -0.4 is 5.32 Å². The summed E-state index contributed by atoms with van der Waals surface area (Å²) in [5.74, 6) is -2.39. The van der Waals surface area contributed by atoms with E-state index in [1.54, 1.807) is 24.3 Å². The minimum Gasteiger partial charge on any atom is -0.381 e. The molecular formula is C31H34FN3O5. The lowest BCUT2D eigenvalue weighted by Gasteiger charge is -2.44. The minimum absolute atomic E-state index is 0.0694. The predicted octanol–water partition coefficient (Wildman–Crippen LogP) is 3.40. The molecular weight excluding hydrogens is 513 g/mol. The fourth-order valence-corrected chi connectivity index (χ4v) is 6.70. The van der Waals surface area contributed by atoms with Crippen LogP contribution in [-0.2, 0) is 33.7 Å². The summed E-state index contributed by atoms with van der Waals surface area (Å²) in [7, 11) is 0. The van der Waals surface area contributed by atoms with E-state index < -0.39 is 29.7 Å². The van der Waals surface area contributed by atoms with Gasteiger partial charge in [-0.2, -0.15) is 0 Å². The van der Waals surface area contributed by atoms with Crippen molar-refractivity contribution in [2.75, 3.05) is 26.3 Å². The maximum Gasteiger partial charge on any atom is 0.262 e. The van der Waals surface area contributed by atoms with Gasteiger partial charge in [0, 0.05) is 26.2 Å². The Morgan fingerprint density at radius 2 is 1.68 bits per heavy atom. The van der Waals surface area contributed by atoms with Gasteiger partial charge in [-0.1, -0.05) is 24.3 Å². The molecule has 0 saturated carbocycles. The average Bonchev–Trinajstić information content (AvgIpc) is 3.20. The van der Waals surface area contributed by atoms with Gasteiger partial charge in [0.15, 0.2) is 0 Å². The number of ether oxygens (including phenoxy) is 1. The Labute approximate surface area is 232 Å². The van der Waals surface area contributed by atoms with E-state index in [4.69, 9.17) is 4.74 Å². The first-order chi connectivity index (χ1) is 19.3. The first kappa shape index (κ1) is 26.8. The predicted molar refractivity (Wildman–Crippen MR) is 144 cm³/mol. The van der Waals surface area contributed by atoms with Gasteiger partial charge in [0.1, 0.15) is 11.9 Å². The largest absolute Gasteiger partial charge is 0.381 e. The summed E-state index contributed by atoms with van der Waals surface area (Å²) in [6.45, 7) is 4.49. The minimum atomic E-state index is -1.01. The third kappa shape index (κ3) is 5.08. The van der Waals surface area contributed by atoms with Gasteiger partial charge in [-0.05, 0) is 92.3 Å². The zero-order valence-corrected chi connectivity index (χ0v) is 22.5. The summed E-state index contributed by atoms with van der Waals surface area (Å²) in [6.07, 6.45) is 5.54. The summed E-state index contributed by atoms with van der Waals surface area (Å²) >= 11 is 0. The molecule has 2 aromatic carbocycles. The van der Waals surface area contributed by atoms with Gasteiger partial charge in [0.25, 0.3) is 11.8 Å². The van der Waals surface area contributed by atoms with E-state index in [9.17, 15) is 19.2 Å². The van der Waals surface area contributed by atoms with Crippen LogP contribution in [0.3, 0.4) is 0 Å². The van der Waals surface area contributed by atoms with E-state index in [0.717, 1.165) is 56.2 Å². The molecule has 3 fully saturated rings. The molecule has 8 nitrogen and oxygen atoms in total. The maximum atomic E-state index is 15.2. The number of imide groups is 2. The van der Waals surface area contributed by atoms with Gasteiger partial charge in [-0.3, -0.25) is 34.3 Å². The van der Waals surface area contributed by atoms with E-state index in [2.05, 4.69) is 10.2 Å². The van der Waals surface area contributed by atoms with Crippen LogP contribution in [0.5, 0.6) is 0 Å². The number of rotatable bonds is 6. The number of aryl methyl sites for hydroxylation is 2.